The van der Waals surface area contributed by atoms with Crippen molar-refractivity contribution >= 4 is 40.7 Å². The van der Waals surface area contributed by atoms with Crippen LogP contribution in [0.1, 0.15) is 138 Å². The molecular formula is C49H65N3O7. The zero-order valence-electron chi connectivity index (χ0n) is 37.4. The third-order valence-corrected chi connectivity index (χ3v) is 13.6. The summed E-state index contributed by atoms with van der Waals surface area (Å²) in [7, 11) is 0. The number of aromatic nitrogens is 1. The largest absolute Gasteiger partial charge is 0.506 e. The highest BCUT2D eigenvalue weighted by molar-refractivity contribution is 6.40. The van der Waals surface area contributed by atoms with Gasteiger partial charge in [0.25, 0.3) is 0 Å². The maximum absolute atomic E-state index is 15.3. The highest BCUT2D eigenvalue weighted by Gasteiger charge is 2.50. The molecular weight excluding hydrogens is 743 g/mol. The number of ketones is 1. The Morgan fingerprint density at radius 3 is 2.00 bits per heavy atom. The minimum absolute atomic E-state index is 0.0340. The Morgan fingerprint density at radius 1 is 0.864 bits per heavy atom. The molecule has 1 amide bonds. The molecule has 6 rings (SSSR count). The third kappa shape index (κ3) is 8.13. The van der Waals surface area contributed by atoms with Crippen LogP contribution in [0.25, 0.3) is 16.7 Å². The summed E-state index contributed by atoms with van der Waals surface area (Å²) in [6.07, 6.45) is 4.25. The number of esters is 2. The zero-order chi connectivity index (χ0) is 43.5. The molecule has 2 saturated carbocycles. The lowest BCUT2D eigenvalue weighted by atomic mass is 9.59. The summed E-state index contributed by atoms with van der Waals surface area (Å²) in [5, 5.41) is 15.0. The van der Waals surface area contributed by atoms with Crippen molar-refractivity contribution < 1.29 is 33.8 Å². The lowest BCUT2D eigenvalue weighted by Crippen LogP contribution is -2.49. The van der Waals surface area contributed by atoms with Gasteiger partial charge in [-0.1, -0.05) is 106 Å². The second kappa shape index (κ2) is 16.0. The van der Waals surface area contributed by atoms with Crippen molar-refractivity contribution in [2.24, 2.45) is 50.8 Å². The molecule has 0 saturated heterocycles. The van der Waals surface area contributed by atoms with Gasteiger partial charge < -0.3 is 24.9 Å². The number of carbonyl (C=O) groups excluding carboxylic acids is 4. The molecule has 1 aromatic heterocycles. The number of aliphatic hydroxyl groups is 1. The van der Waals surface area contributed by atoms with Gasteiger partial charge in [0, 0.05) is 22.8 Å². The van der Waals surface area contributed by atoms with Crippen LogP contribution in [0.2, 0.25) is 0 Å². The minimum atomic E-state index is -0.775. The maximum Gasteiger partial charge on any atom is 0.342 e. The van der Waals surface area contributed by atoms with Gasteiger partial charge in [-0.2, -0.15) is 0 Å². The summed E-state index contributed by atoms with van der Waals surface area (Å²) < 4.78 is 12.1. The number of allylic oxidation sites excluding steroid dienone is 3. The first kappa shape index (κ1) is 43.8. The Morgan fingerprint density at radius 2 is 1.47 bits per heavy atom. The first-order valence-electron chi connectivity index (χ1n) is 21.5. The summed E-state index contributed by atoms with van der Waals surface area (Å²) in [6, 6.07) is 9.20. The van der Waals surface area contributed by atoms with Crippen LogP contribution in [-0.2, 0) is 23.9 Å². The Kier molecular flexibility index (Phi) is 11.9. The number of H-pyrrole nitrogens is 1. The van der Waals surface area contributed by atoms with Crippen molar-refractivity contribution in [3.05, 3.63) is 69.8 Å². The lowest BCUT2D eigenvalue weighted by Gasteiger charge is -2.50. The molecule has 10 heteroatoms. The van der Waals surface area contributed by atoms with E-state index in [2.05, 4.69) is 70.7 Å². The van der Waals surface area contributed by atoms with Crippen molar-refractivity contribution in [2.45, 2.75) is 128 Å². The van der Waals surface area contributed by atoms with Crippen LogP contribution in [-0.4, -0.2) is 52.1 Å². The van der Waals surface area contributed by atoms with Crippen LogP contribution in [0.4, 0.5) is 5.82 Å². The summed E-state index contributed by atoms with van der Waals surface area (Å²) in [6.45, 7) is 26.8. The molecule has 1 aliphatic heterocycles. The molecule has 318 valence electrons. The number of aliphatic hydroxyl groups excluding tert-OH is 1. The second-order valence-corrected chi connectivity index (χ2v) is 20.4. The van der Waals surface area contributed by atoms with Crippen LogP contribution in [0, 0.1) is 45.8 Å². The quantitative estimate of drug-likeness (QED) is 0.169. The van der Waals surface area contributed by atoms with Gasteiger partial charge in [-0.15, -0.1) is 0 Å². The fourth-order valence-corrected chi connectivity index (χ4v) is 10.1. The van der Waals surface area contributed by atoms with Gasteiger partial charge in [0.05, 0.1) is 40.4 Å². The third-order valence-electron chi connectivity index (χ3n) is 13.6. The number of benzene rings is 1. The predicted molar refractivity (Wildman–Crippen MR) is 233 cm³/mol. The van der Waals surface area contributed by atoms with E-state index in [1.165, 1.54) is 0 Å². The zero-order valence-corrected chi connectivity index (χ0v) is 37.4. The molecule has 2 aromatic rings. The van der Waals surface area contributed by atoms with Crippen LogP contribution in [0.5, 0.6) is 0 Å². The van der Waals surface area contributed by atoms with Crippen molar-refractivity contribution in [1.82, 2.24) is 4.98 Å². The average Bonchev–Trinajstić information content (AvgIpc) is 3.83. The van der Waals surface area contributed by atoms with E-state index in [-0.39, 0.29) is 86.3 Å². The highest BCUT2D eigenvalue weighted by Crippen LogP contribution is 2.52. The summed E-state index contributed by atoms with van der Waals surface area (Å²) in [5.41, 5.74) is 1.26. The lowest BCUT2D eigenvalue weighted by molar-refractivity contribution is -0.138. The number of ether oxygens (including phenoxy) is 2. The topological polar surface area (TPSA) is 147 Å². The van der Waals surface area contributed by atoms with Gasteiger partial charge >= 0.3 is 11.9 Å². The van der Waals surface area contributed by atoms with E-state index in [1.54, 1.807) is 20.8 Å². The van der Waals surface area contributed by atoms with Crippen molar-refractivity contribution in [3.8, 4) is 11.1 Å². The van der Waals surface area contributed by atoms with Gasteiger partial charge in [-0.05, 0) is 86.2 Å². The molecule has 1 aromatic carbocycles. The monoisotopic (exact) mass is 807 g/mol. The van der Waals surface area contributed by atoms with Crippen LogP contribution >= 0.6 is 0 Å². The van der Waals surface area contributed by atoms with Crippen molar-refractivity contribution in [2.75, 3.05) is 11.9 Å². The summed E-state index contributed by atoms with van der Waals surface area (Å²) >= 11 is 0. The number of anilines is 1. The van der Waals surface area contributed by atoms with E-state index in [9.17, 15) is 19.5 Å². The van der Waals surface area contributed by atoms with Crippen LogP contribution < -0.4 is 5.32 Å². The number of carbonyl (C=O) groups is 4. The number of amides is 1. The van der Waals surface area contributed by atoms with Gasteiger partial charge in [-0.25, -0.2) is 9.59 Å². The molecule has 59 heavy (non-hydrogen) atoms. The Bertz CT molecular complexity index is 2140. The number of hydrogen-bond acceptors (Lipinski definition) is 8. The van der Waals surface area contributed by atoms with Crippen molar-refractivity contribution in [1.29, 1.82) is 0 Å². The van der Waals surface area contributed by atoms with Crippen molar-refractivity contribution in [3.63, 3.8) is 0 Å². The van der Waals surface area contributed by atoms with E-state index in [0.717, 1.165) is 32.1 Å². The number of aliphatic imine (C=N–C) groups is 1. The van der Waals surface area contributed by atoms with Crippen LogP contribution in [0.3, 0.4) is 0 Å². The molecule has 4 atom stereocenters. The van der Waals surface area contributed by atoms with E-state index < -0.39 is 29.2 Å². The molecule has 0 spiro atoms. The number of rotatable bonds is 9. The average molecular weight is 808 g/mol. The standard InChI is InChI=1S/C49H65N3O7/c1-14-58-44(55)33-27(4)38(50-28(33)5)36-40(53)37(41(36)54)39-34(29-18-16-15-17-19-29)35(43(51-39)52-46(57)49(12,13)30-21-20-25(2)22-30)45(56)59-42-31(47(6,7)8)23-26(3)24-32(42)48(9,10)11/h15-19,25-26,30-32,42,51,53H,14,20-24H2,1-13H3,(H,52,57)/b38-36-. The van der Waals surface area contributed by atoms with Crippen LogP contribution in [0.15, 0.2) is 63.5 Å². The minimum Gasteiger partial charge on any atom is -0.506 e. The SMILES string of the molecule is CCOC(=O)C1=C(C)/C(=C2/C(=O)C(c3[nH]c(NC(=O)C(C)(C)C4CCC(C)C4)c(C(=O)OC4C(C(C)(C)C)CC(C)CC4C(C)(C)C)c3-c3ccccc3)=C2O)N=C1C. The number of nitrogens with one attached hydrogen (secondary N) is 2. The smallest absolute Gasteiger partial charge is 0.342 e. The van der Waals surface area contributed by atoms with Gasteiger partial charge in [-0.3, -0.25) is 14.6 Å². The summed E-state index contributed by atoms with van der Waals surface area (Å²) in [5.74, 6) is -0.962. The molecule has 10 nitrogen and oxygen atoms in total. The maximum atomic E-state index is 15.3. The van der Waals surface area contributed by atoms with Gasteiger partial charge in [0.2, 0.25) is 11.7 Å². The molecule has 4 unspecified atom stereocenters. The fraction of sp³-hybridized carbons (Fsp3) is 0.571. The molecule has 4 aliphatic rings. The predicted octanol–water partition coefficient (Wildman–Crippen LogP) is 10.8. The molecule has 0 bridgehead atoms. The first-order chi connectivity index (χ1) is 27.5. The number of Topliss-reactive ketones (excluding diaryl/α,β-unsaturated/α-hetero) is 1. The summed E-state index contributed by atoms with van der Waals surface area (Å²) in [4.78, 5) is 64.8. The van der Waals surface area contributed by atoms with E-state index >= 15 is 4.79 Å². The normalized spacial score (nSPS) is 26.5. The number of hydrogen-bond donors (Lipinski definition) is 3. The Hall–Kier alpha value is -4.73. The first-order valence-corrected chi connectivity index (χ1v) is 21.5. The highest BCUT2D eigenvalue weighted by atomic mass is 16.5. The molecule has 0 radical (unpaired) electrons. The van der Waals surface area contributed by atoms with E-state index in [1.807, 2.05) is 44.2 Å². The number of aromatic amines is 1. The molecule has 3 aliphatic carbocycles. The molecule has 2 heterocycles. The fourth-order valence-electron chi connectivity index (χ4n) is 10.1. The van der Waals surface area contributed by atoms with Gasteiger partial charge in [0.15, 0.2) is 0 Å². The molecule has 3 N–H and O–H groups in total. The van der Waals surface area contributed by atoms with Gasteiger partial charge in [0.1, 0.15) is 23.2 Å². The number of nitrogens with zero attached hydrogens (tertiary/aromatic N) is 1. The second-order valence-electron chi connectivity index (χ2n) is 20.4. The molecule has 2 fully saturated rings. The Labute approximate surface area is 350 Å². The van der Waals surface area contributed by atoms with E-state index in [0.29, 0.717) is 34.2 Å². The van der Waals surface area contributed by atoms with E-state index in [4.69, 9.17) is 9.47 Å². The Balaban J connectivity index is 1.55.